The highest BCUT2D eigenvalue weighted by molar-refractivity contribution is 8.00. The first-order valence-corrected chi connectivity index (χ1v) is 21.0. The van der Waals surface area contributed by atoms with Crippen molar-refractivity contribution >= 4 is 74.8 Å². The maximum absolute atomic E-state index is 17.5. The minimum Gasteiger partial charge on any atom is -0.478 e. The van der Waals surface area contributed by atoms with Crippen LogP contribution < -0.4 is 10.3 Å². The quantitative estimate of drug-likeness (QED) is 0.0949. The molecule has 58 heavy (non-hydrogen) atoms. The number of anilines is 1. The molecule has 0 unspecified atom stereocenters. The number of thioether (sulfide) groups is 1. The van der Waals surface area contributed by atoms with Gasteiger partial charge in [-0.3, -0.25) is 14.6 Å². The van der Waals surface area contributed by atoms with E-state index in [1.54, 1.807) is 30.5 Å². The van der Waals surface area contributed by atoms with E-state index in [1.165, 1.54) is 11.3 Å². The van der Waals surface area contributed by atoms with Gasteiger partial charge < -0.3 is 19.3 Å². The van der Waals surface area contributed by atoms with Gasteiger partial charge in [-0.05, 0) is 71.5 Å². The molecule has 1 saturated heterocycles. The van der Waals surface area contributed by atoms with Gasteiger partial charge in [-0.25, -0.2) is 18.4 Å². The highest BCUT2D eigenvalue weighted by Gasteiger charge is 2.38. The number of carboxylic acid groups (broad SMARTS) is 1. The van der Waals surface area contributed by atoms with E-state index in [2.05, 4.69) is 50.6 Å². The summed E-state index contributed by atoms with van der Waals surface area (Å²) in [7, 11) is 3.63. The number of thiophene rings is 2. The van der Waals surface area contributed by atoms with Crippen LogP contribution in [0.25, 0.3) is 54.3 Å². The lowest BCUT2D eigenvalue weighted by molar-refractivity contribution is -0.195. The Morgan fingerprint density at radius 1 is 0.966 bits per heavy atom. The molecule has 1 fully saturated rings. The predicted molar refractivity (Wildman–Crippen MR) is 221 cm³/mol. The Morgan fingerprint density at radius 2 is 1.66 bits per heavy atom. The van der Waals surface area contributed by atoms with Gasteiger partial charge >= 0.3 is 11.9 Å². The highest BCUT2D eigenvalue weighted by atomic mass is 32.2. The van der Waals surface area contributed by atoms with Gasteiger partial charge in [0.2, 0.25) is 0 Å². The van der Waals surface area contributed by atoms with Crippen LogP contribution in [-0.2, 0) is 30.2 Å². The summed E-state index contributed by atoms with van der Waals surface area (Å²) >= 11 is 3.60. The number of hydrogen-bond acceptors (Lipinski definition) is 11. The Balaban J connectivity index is 1.43. The minimum absolute atomic E-state index is 0.0782. The topological polar surface area (TPSA) is 130 Å². The highest BCUT2D eigenvalue weighted by Crippen LogP contribution is 2.53. The van der Waals surface area contributed by atoms with Crippen molar-refractivity contribution in [2.24, 2.45) is 4.99 Å². The summed E-state index contributed by atoms with van der Waals surface area (Å²) in [6.45, 7) is 10.5. The molecule has 4 aromatic rings. The fourth-order valence-corrected chi connectivity index (χ4v) is 10.7. The Morgan fingerprint density at radius 3 is 2.33 bits per heavy atom. The fraction of sp³-hybridized carbons (Fsp3) is 0.279. The fourth-order valence-electron chi connectivity index (χ4n) is 7.72. The number of fused-ring (bicyclic) bond motifs is 5. The molecule has 1 aliphatic carbocycles. The van der Waals surface area contributed by atoms with Crippen LogP contribution in [0.4, 0.5) is 14.5 Å². The SMILES string of the molecule is CN=c1cc2oc3cc4c(cc3c(-c3c(F)c(SCC(=O)ON5C(=O)CCC5=O)cc(F)c3C(=O)O)c-2cc1-c1sccc1C(C)(C)C)-c1sccc1C(C)(C)N4C. The Hall–Kier alpha value is -5.38. The third kappa shape index (κ3) is 6.30. The second-order valence-corrected chi connectivity index (χ2v) is 18.5. The lowest BCUT2D eigenvalue weighted by atomic mass is 9.83. The second kappa shape index (κ2) is 14.2. The number of hydrogen-bond donors (Lipinski definition) is 1. The molecule has 2 aromatic carbocycles. The van der Waals surface area contributed by atoms with Crippen molar-refractivity contribution in [2.45, 2.75) is 63.3 Å². The molecule has 4 aliphatic rings. The molecule has 1 N–H and O–H groups in total. The van der Waals surface area contributed by atoms with E-state index in [1.807, 2.05) is 36.0 Å². The average Bonchev–Trinajstić information content (AvgIpc) is 3.94. The number of rotatable bonds is 7. The second-order valence-electron chi connectivity index (χ2n) is 15.7. The third-order valence-corrected chi connectivity index (χ3v) is 13.8. The van der Waals surface area contributed by atoms with Gasteiger partial charge in [0.05, 0.1) is 16.6 Å². The van der Waals surface area contributed by atoms with Crippen molar-refractivity contribution in [3.8, 4) is 43.3 Å². The number of imide groups is 1. The number of carbonyl (C=O) groups is 4. The van der Waals surface area contributed by atoms with E-state index in [0.29, 0.717) is 44.3 Å². The van der Waals surface area contributed by atoms with E-state index in [9.17, 15) is 24.3 Å². The van der Waals surface area contributed by atoms with E-state index in [-0.39, 0.29) is 34.5 Å². The zero-order valence-corrected chi connectivity index (χ0v) is 35.0. The van der Waals surface area contributed by atoms with Gasteiger partial charge in [0, 0.05) is 92.6 Å². The van der Waals surface area contributed by atoms with Gasteiger partial charge in [-0.2, -0.15) is 0 Å². The molecule has 8 rings (SSSR count). The van der Waals surface area contributed by atoms with E-state index >= 15 is 8.78 Å². The van der Waals surface area contributed by atoms with Crippen molar-refractivity contribution in [1.82, 2.24) is 5.06 Å². The van der Waals surface area contributed by atoms with Gasteiger partial charge in [0.1, 0.15) is 28.5 Å². The van der Waals surface area contributed by atoms with Crippen molar-refractivity contribution < 1.29 is 42.3 Å². The molecule has 15 heteroatoms. The number of carboxylic acids is 1. The van der Waals surface area contributed by atoms with Crippen molar-refractivity contribution in [3.63, 3.8) is 0 Å². The first-order chi connectivity index (χ1) is 27.4. The van der Waals surface area contributed by atoms with Crippen molar-refractivity contribution in [3.05, 3.63) is 86.9 Å². The summed E-state index contributed by atoms with van der Waals surface area (Å²) in [5.41, 5.74) is 3.01. The number of amides is 2. The smallest absolute Gasteiger partial charge is 0.343 e. The summed E-state index contributed by atoms with van der Waals surface area (Å²) in [6.07, 6.45) is -0.232. The molecule has 0 atom stereocenters. The number of aromatic carboxylic acids is 1. The van der Waals surface area contributed by atoms with Crippen molar-refractivity contribution in [2.75, 3.05) is 24.7 Å². The number of benzene rings is 3. The minimum atomic E-state index is -1.70. The Kier molecular flexibility index (Phi) is 9.64. The van der Waals surface area contributed by atoms with Crippen LogP contribution in [0, 0.1) is 11.6 Å². The molecule has 0 saturated carbocycles. The molecule has 10 nitrogen and oxygen atoms in total. The first kappa shape index (κ1) is 39.4. The number of carbonyl (C=O) groups excluding carboxylic acids is 3. The standard InChI is InChI=1S/C43H37F2N3O7S3/c1-42(2,3)24-10-12-56-39(24)20-14-22-29(17-27(20)46-6)54-30-18-28-21(40-25(11-13-57-40)43(4,5)47(28)7)15-23(30)35(22)37-36(41(52)53)26(44)16-31(38(37)45)58-19-34(51)55-48-32(49)8-9-33(48)50/h10-18H,8-9,19H2,1-7H3,(H,52,53). The first-order valence-electron chi connectivity index (χ1n) is 18.3. The third-order valence-electron chi connectivity index (χ3n) is 10.9. The number of hydroxylamine groups is 2. The molecular weight excluding hydrogens is 805 g/mol. The van der Waals surface area contributed by atoms with E-state index in [0.717, 1.165) is 38.2 Å². The average molecular weight is 842 g/mol. The maximum Gasteiger partial charge on any atom is 0.343 e. The number of halogens is 2. The summed E-state index contributed by atoms with van der Waals surface area (Å²) in [6, 6.07) is 12.0. The molecule has 2 aromatic heterocycles. The van der Waals surface area contributed by atoms with Crippen LogP contribution in [-0.4, -0.2) is 53.8 Å². The van der Waals surface area contributed by atoms with Gasteiger partial charge in [0.25, 0.3) is 11.8 Å². The van der Waals surface area contributed by atoms with Crippen LogP contribution in [0.2, 0.25) is 0 Å². The largest absolute Gasteiger partial charge is 0.478 e. The lowest BCUT2D eigenvalue weighted by Crippen LogP contribution is -2.41. The predicted octanol–water partition coefficient (Wildman–Crippen LogP) is 9.85. The maximum atomic E-state index is 17.5. The molecule has 5 heterocycles. The molecule has 0 radical (unpaired) electrons. The van der Waals surface area contributed by atoms with Gasteiger partial charge in [-0.15, -0.1) is 39.5 Å². The van der Waals surface area contributed by atoms with E-state index < -0.39 is 57.8 Å². The molecule has 0 spiro atoms. The molecule has 0 bridgehead atoms. The summed E-state index contributed by atoms with van der Waals surface area (Å²) in [5, 5.41) is 15.9. The van der Waals surface area contributed by atoms with Crippen molar-refractivity contribution in [1.29, 1.82) is 0 Å². The van der Waals surface area contributed by atoms with Crippen LogP contribution >= 0.6 is 34.4 Å². The molecule has 3 aliphatic heterocycles. The zero-order valence-electron chi connectivity index (χ0n) is 32.5. The molecular formula is C43H37F2N3O7S3. The van der Waals surface area contributed by atoms with E-state index in [4.69, 9.17) is 9.25 Å². The number of nitrogens with zero attached hydrogens (tertiary/aromatic N) is 3. The zero-order chi connectivity index (χ0) is 41.6. The summed E-state index contributed by atoms with van der Waals surface area (Å²) in [4.78, 5) is 63.2. The van der Waals surface area contributed by atoms with Gasteiger partial charge in [-0.1, -0.05) is 20.8 Å². The van der Waals surface area contributed by atoms with Crippen LogP contribution in [0.3, 0.4) is 0 Å². The van der Waals surface area contributed by atoms with Crippen LogP contribution in [0.1, 0.15) is 68.9 Å². The Labute approximate surface area is 344 Å². The lowest BCUT2D eigenvalue weighted by Gasteiger charge is -2.42. The summed E-state index contributed by atoms with van der Waals surface area (Å²) in [5.74, 6) is -6.83. The van der Waals surface area contributed by atoms with Crippen LogP contribution in [0.15, 0.2) is 67.5 Å². The monoisotopic (exact) mass is 841 g/mol. The Bertz CT molecular complexity index is 2780. The summed E-state index contributed by atoms with van der Waals surface area (Å²) < 4.78 is 40.5. The normalized spacial score (nSPS) is 15.4. The molecule has 298 valence electrons. The van der Waals surface area contributed by atoms with Gasteiger partial charge in [0.15, 0.2) is 0 Å². The molecule has 2 amide bonds. The van der Waals surface area contributed by atoms with Crippen LogP contribution in [0.5, 0.6) is 0 Å².